The molecule has 0 spiro atoms. The van der Waals surface area contributed by atoms with Gasteiger partial charge in [0.2, 0.25) is 0 Å². The second-order valence-corrected chi connectivity index (χ2v) is 2.75. The van der Waals surface area contributed by atoms with Crippen molar-refractivity contribution < 1.29 is 14.0 Å². The molecule has 0 aliphatic rings. The Morgan fingerprint density at radius 1 is 1.75 bits per heavy atom. The molecule has 4 nitrogen and oxygen atoms in total. The lowest BCUT2D eigenvalue weighted by Gasteiger charge is -1.99. The van der Waals surface area contributed by atoms with Crippen LogP contribution >= 0.6 is 15.9 Å². The summed E-state index contributed by atoms with van der Waals surface area (Å²) in [5, 5.41) is 0. The van der Waals surface area contributed by atoms with E-state index in [1.54, 1.807) is 19.1 Å². The first-order chi connectivity index (χ1) is 5.74. The van der Waals surface area contributed by atoms with Crippen molar-refractivity contribution in [2.75, 3.05) is 6.61 Å². The van der Waals surface area contributed by atoms with Crippen LogP contribution in [0.15, 0.2) is 21.2 Å². The normalized spacial score (nSPS) is 9.83. The molecule has 66 valence electrons. The van der Waals surface area contributed by atoms with E-state index in [4.69, 9.17) is 4.42 Å². The van der Waals surface area contributed by atoms with E-state index in [1.165, 1.54) is 0 Å². The fraction of sp³-hybridized carbons (Fsp3) is 0.286. The standard InChI is InChI=1S/C7H8BrNO3/c1-2-11-9-7(10)5-3-4-6(8)12-5/h3-4H,2H2,1H3,(H,9,10). The number of hydrogen-bond acceptors (Lipinski definition) is 3. The largest absolute Gasteiger partial charge is 0.444 e. The molecule has 0 atom stereocenters. The molecule has 5 heteroatoms. The Morgan fingerprint density at radius 2 is 2.50 bits per heavy atom. The molecule has 1 amide bonds. The molecule has 1 heterocycles. The van der Waals surface area contributed by atoms with Crippen LogP contribution in [0.4, 0.5) is 0 Å². The molecule has 0 radical (unpaired) electrons. The first kappa shape index (κ1) is 9.28. The van der Waals surface area contributed by atoms with Gasteiger partial charge in [0.05, 0.1) is 6.61 Å². The first-order valence-corrected chi connectivity index (χ1v) is 4.20. The summed E-state index contributed by atoms with van der Waals surface area (Å²) in [6.45, 7) is 2.20. The van der Waals surface area contributed by atoms with Crippen LogP contribution in [-0.2, 0) is 4.84 Å². The summed E-state index contributed by atoms with van der Waals surface area (Å²) >= 11 is 3.08. The maximum absolute atomic E-state index is 11.1. The van der Waals surface area contributed by atoms with Gasteiger partial charge in [-0.1, -0.05) is 0 Å². The van der Waals surface area contributed by atoms with E-state index in [-0.39, 0.29) is 11.7 Å². The molecule has 0 bridgehead atoms. The van der Waals surface area contributed by atoms with E-state index >= 15 is 0 Å². The smallest absolute Gasteiger partial charge is 0.310 e. The number of furan rings is 1. The van der Waals surface area contributed by atoms with E-state index < -0.39 is 0 Å². The van der Waals surface area contributed by atoms with Gasteiger partial charge in [-0.2, -0.15) is 0 Å². The molecule has 0 fully saturated rings. The van der Waals surface area contributed by atoms with Gasteiger partial charge in [0.15, 0.2) is 10.4 Å². The van der Waals surface area contributed by atoms with Crippen molar-refractivity contribution in [2.24, 2.45) is 0 Å². The fourth-order valence-corrected chi connectivity index (χ4v) is 0.931. The van der Waals surface area contributed by atoms with Crippen molar-refractivity contribution in [1.82, 2.24) is 5.48 Å². The third kappa shape index (κ3) is 2.35. The van der Waals surface area contributed by atoms with Gasteiger partial charge < -0.3 is 4.42 Å². The lowest BCUT2D eigenvalue weighted by atomic mass is 10.4. The van der Waals surface area contributed by atoms with Gasteiger partial charge in [-0.25, -0.2) is 5.48 Å². The molecule has 1 aromatic rings. The number of nitrogens with one attached hydrogen (secondary N) is 1. The summed E-state index contributed by atoms with van der Waals surface area (Å²) in [6, 6.07) is 3.19. The molecule has 0 unspecified atom stereocenters. The van der Waals surface area contributed by atoms with Crippen LogP contribution < -0.4 is 5.48 Å². The first-order valence-electron chi connectivity index (χ1n) is 3.41. The van der Waals surface area contributed by atoms with E-state index in [2.05, 4.69) is 26.2 Å². The maximum atomic E-state index is 11.1. The number of hydroxylamine groups is 1. The van der Waals surface area contributed by atoms with Gasteiger partial charge in [-0.3, -0.25) is 9.63 Å². The van der Waals surface area contributed by atoms with Gasteiger partial charge in [0.25, 0.3) is 0 Å². The molecule has 0 aliphatic carbocycles. The van der Waals surface area contributed by atoms with Crippen LogP contribution in [-0.4, -0.2) is 12.5 Å². The van der Waals surface area contributed by atoms with Crippen LogP contribution in [0.1, 0.15) is 17.5 Å². The highest BCUT2D eigenvalue weighted by molar-refractivity contribution is 9.10. The summed E-state index contributed by atoms with van der Waals surface area (Å²) < 4.78 is 5.48. The Hall–Kier alpha value is -0.810. The van der Waals surface area contributed by atoms with Crippen molar-refractivity contribution in [1.29, 1.82) is 0 Å². The Labute approximate surface area is 78.0 Å². The molecular formula is C7H8BrNO3. The fourth-order valence-electron chi connectivity index (χ4n) is 0.624. The number of carbonyl (C=O) groups is 1. The molecule has 0 saturated carbocycles. The van der Waals surface area contributed by atoms with Crippen molar-refractivity contribution in [3.63, 3.8) is 0 Å². The summed E-state index contributed by atoms with van der Waals surface area (Å²) in [7, 11) is 0. The second-order valence-electron chi connectivity index (χ2n) is 1.97. The van der Waals surface area contributed by atoms with Crippen LogP contribution in [0.3, 0.4) is 0 Å². The quantitative estimate of drug-likeness (QED) is 0.810. The lowest BCUT2D eigenvalue weighted by molar-refractivity contribution is 0.0339. The maximum Gasteiger partial charge on any atom is 0.310 e. The van der Waals surface area contributed by atoms with Crippen LogP contribution in [0.5, 0.6) is 0 Å². The number of amides is 1. The van der Waals surface area contributed by atoms with Crippen molar-refractivity contribution >= 4 is 21.8 Å². The third-order valence-electron chi connectivity index (χ3n) is 1.11. The average molecular weight is 234 g/mol. The topological polar surface area (TPSA) is 51.5 Å². The highest BCUT2D eigenvalue weighted by atomic mass is 79.9. The Morgan fingerprint density at radius 3 is 3.00 bits per heavy atom. The SMILES string of the molecule is CCONC(=O)c1ccc(Br)o1. The molecule has 1 rings (SSSR count). The van der Waals surface area contributed by atoms with Crippen molar-refractivity contribution in [2.45, 2.75) is 6.92 Å². The third-order valence-corrected chi connectivity index (χ3v) is 1.53. The average Bonchev–Trinajstić information content (AvgIpc) is 2.47. The van der Waals surface area contributed by atoms with Gasteiger partial charge in [-0.15, -0.1) is 0 Å². The zero-order valence-electron chi connectivity index (χ0n) is 6.46. The van der Waals surface area contributed by atoms with Gasteiger partial charge in [0.1, 0.15) is 0 Å². The molecule has 0 aliphatic heterocycles. The zero-order chi connectivity index (χ0) is 8.97. The van der Waals surface area contributed by atoms with Gasteiger partial charge >= 0.3 is 5.91 Å². The minimum Gasteiger partial charge on any atom is -0.444 e. The van der Waals surface area contributed by atoms with E-state index in [0.717, 1.165) is 0 Å². The highest BCUT2D eigenvalue weighted by Crippen LogP contribution is 2.13. The van der Waals surface area contributed by atoms with Gasteiger partial charge in [-0.05, 0) is 35.0 Å². The Bertz CT molecular complexity index is 271. The summed E-state index contributed by atoms with van der Waals surface area (Å²) in [4.78, 5) is 15.8. The molecule has 1 aromatic heterocycles. The number of carbonyl (C=O) groups excluding carboxylic acids is 1. The van der Waals surface area contributed by atoms with Crippen molar-refractivity contribution in [3.8, 4) is 0 Å². The van der Waals surface area contributed by atoms with Gasteiger partial charge in [0, 0.05) is 0 Å². The second kappa shape index (κ2) is 4.27. The van der Waals surface area contributed by atoms with E-state index in [9.17, 15) is 4.79 Å². The van der Waals surface area contributed by atoms with E-state index in [0.29, 0.717) is 11.3 Å². The minimum absolute atomic E-state index is 0.218. The number of rotatable bonds is 3. The van der Waals surface area contributed by atoms with Crippen LogP contribution in [0, 0.1) is 0 Å². The highest BCUT2D eigenvalue weighted by Gasteiger charge is 2.08. The predicted molar refractivity (Wildman–Crippen MR) is 45.5 cm³/mol. The van der Waals surface area contributed by atoms with E-state index in [1.807, 2.05) is 0 Å². The van der Waals surface area contributed by atoms with Crippen LogP contribution in [0.25, 0.3) is 0 Å². The molecule has 0 saturated heterocycles. The summed E-state index contributed by atoms with van der Waals surface area (Å²) in [5.41, 5.74) is 2.21. The van der Waals surface area contributed by atoms with Crippen molar-refractivity contribution in [3.05, 3.63) is 22.6 Å². The summed E-state index contributed by atoms with van der Waals surface area (Å²) in [6.07, 6.45) is 0. The minimum atomic E-state index is -0.387. The molecular weight excluding hydrogens is 226 g/mol. The number of halogens is 1. The number of hydrogen-bond donors (Lipinski definition) is 1. The molecule has 0 aromatic carbocycles. The van der Waals surface area contributed by atoms with Crippen LogP contribution in [0.2, 0.25) is 0 Å². The lowest BCUT2D eigenvalue weighted by Crippen LogP contribution is -2.22. The molecule has 1 N–H and O–H groups in total. The Balaban J connectivity index is 2.53. The predicted octanol–water partition coefficient (Wildman–Crippen LogP) is 1.72. The molecule has 12 heavy (non-hydrogen) atoms. The monoisotopic (exact) mass is 233 g/mol. The summed E-state index contributed by atoms with van der Waals surface area (Å²) in [5.74, 6) is -0.169. The Kier molecular flexibility index (Phi) is 3.31. The zero-order valence-corrected chi connectivity index (χ0v) is 8.05.